The van der Waals surface area contributed by atoms with Crippen molar-refractivity contribution >= 4 is 5.91 Å². The number of aromatic nitrogens is 3. The second-order valence-corrected chi connectivity index (χ2v) is 7.33. The number of imidazole rings is 1. The zero-order valence-corrected chi connectivity index (χ0v) is 17.5. The lowest BCUT2D eigenvalue weighted by Gasteiger charge is -2.12. The van der Waals surface area contributed by atoms with E-state index < -0.39 is 0 Å². The van der Waals surface area contributed by atoms with E-state index in [-0.39, 0.29) is 5.91 Å². The van der Waals surface area contributed by atoms with Gasteiger partial charge in [0, 0.05) is 25.5 Å². The minimum absolute atomic E-state index is 0.186. The van der Waals surface area contributed by atoms with Crippen molar-refractivity contribution in [2.45, 2.75) is 33.5 Å². The van der Waals surface area contributed by atoms with Gasteiger partial charge < -0.3 is 19.1 Å². The third-order valence-electron chi connectivity index (χ3n) is 5.05. The molecule has 2 aromatic carbocycles. The van der Waals surface area contributed by atoms with Gasteiger partial charge in [0.25, 0.3) is 5.91 Å². The van der Waals surface area contributed by atoms with Crippen LogP contribution in [0.25, 0.3) is 0 Å². The molecular formula is C24H24N4O3. The number of carbonyl (C=O) groups excluding carboxylic acids is 1. The maximum atomic E-state index is 12.8. The summed E-state index contributed by atoms with van der Waals surface area (Å²) >= 11 is 0. The molecule has 0 spiro atoms. The fraction of sp³-hybridized carbons (Fsp3) is 0.208. The van der Waals surface area contributed by atoms with E-state index in [9.17, 15) is 4.79 Å². The predicted molar refractivity (Wildman–Crippen MR) is 116 cm³/mol. The van der Waals surface area contributed by atoms with Gasteiger partial charge in [-0.3, -0.25) is 4.79 Å². The van der Waals surface area contributed by atoms with E-state index in [1.165, 1.54) is 0 Å². The Morgan fingerprint density at radius 3 is 2.74 bits per heavy atom. The van der Waals surface area contributed by atoms with Gasteiger partial charge in [-0.1, -0.05) is 41.6 Å². The molecule has 4 aromatic rings. The highest BCUT2D eigenvalue weighted by molar-refractivity contribution is 5.96. The molecule has 31 heavy (non-hydrogen) atoms. The van der Waals surface area contributed by atoms with E-state index >= 15 is 0 Å². The van der Waals surface area contributed by atoms with Crippen molar-refractivity contribution in [3.63, 3.8) is 0 Å². The lowest BCUT2D eigenvalue weighted by molar-refractivity contribution is 0.0946. The van der Waals surface area contributed by atoms with Crippen LogP contribution in [0.5, 0.6) is 5.75 Å². The minimum Gasteiger partial charge on any atom is -0.488 e. The summed E-state index contributed by atoms with van der Waals surface area (Å²) in [6, 6.07) is 15.4. The molecule has 0 fully saturated rings. The standard InChI is InChI=1S/C24H24N4O3/c1-17-22(18(2)31-27-17)15-30-23-9-4-3-8-21(23)24(29)26-13-19-6-5-7-20(12-19)14-28-11-10-25-16-28/h3-12,16H,13-15H2,1-2H3,(H,26,29). The molecule has 0 saturated carbocycles. The molecule has 0 bridgehead atoms. The number of aryl methyl sites for hydroxylation is 2. The lowest BCUT2D eigenvalue weighted by Crippen LogP contribution is -2.23. The number of hydrogen-bond donors (Lipinski definition) is 1. The van der Waals surface area contributed by atoms with Crippen LogP contribution in [-0.4, -0.2) is 20.6 Å². The Bertz CT molecular complexity index is 1150. The summed E-state index contributed by atoms with van der Waals surface area (Å²) in [5, 5.41) is 6.93. The van der Waals surface area contributed by atoms with Gasteiger partial charge in [-0.15, -0.1) is 0 Å². The van der Waals surface area contributed by atoms with Crippen molar-refractivity contribution in [1.29, 1.82) is 0 Å². The molecule has 7 nitrogen and oxygen atoms in total. The van der Waals surface area contributed by atoms with Crippen molar-refractivity contribution < 1.29 is 14.1 Å². The molecule has 0 radical (unpaired) electrons. The van der Waals surface area contributed by atoms with Crippen molar-refractivity contribution in [1.82, 2.24) is 20.0 Å². The van der Waals surface area contributed by atoms with Crippen LogP contribution in [0.2, 0.25) is 0 Å². The molecule has 2 aromatic heterocycles. The third kappa shape index (κ3) is 5.01. The lowest BCUT2D eigenvalue weighted by atomic mass is 10.1. The molecule has 1 amide bonds. The number of ether oxygens (including phenoxy) is 1. The Hall–Kier alpha value is -3.87. The molecule has 0 aliphatic rings. The Morgan fingerprint density at radius 2 is 1.97 bits per heavy atom. The molecule has 2 heterocycles. The summed E-state index contributed by atoms with van der Waals surface area (Å²) in [6.45, 7) is 5.17. The highest BCUT2D eigenvalue weighted by atomic mass is 16.5. The van der Waals surface area contributed by atoms with Crippen LogP contribution in [-0.2, 0) is 19.7 Å². The number of benzene rings is 2. The fourth-order valence-electron chi connectivity index (χ4n) is 3.34. The fourth-order valence-corrected chi connectivity index (χ4v) is 3.34. The molecule has 0 unspecified atom stereocenters. The summed E-state index contributed by atoms with van der Waals surface area (Å²) < 4.78 is 13.1. The second kappa shape index (κ2) is 9.30. The maximum absolute atomic E-state index is 12.8. The zero-order chi connectivity index (χ0) is 21.6. The number of amides is 1. The molecule has 7 heteroatoms. The van der Waals surface area contributed by atoms with E-state index in [0.29, 0.717) is 24.5 Å². The van der Waals surface area contributed by atoms with E-state index in [0.717, 1.165) is 34.7 Å². The Morgan fingerprint density at radius 1 is 1.13 bits per heavy atom. The van der Waals surface area contributed by atoms with E-state index in [4.69, 9.17) is 9.26 Å². The first-order chi connectivity index (χ1) is 15.1. The van der Waals surface area contributed by atoms with Gasteiger partial charge in [0.15, 0.2) is 0 Å². The van der Waals surface area contributed by atoms with Crippen LogP contribution < -0.4 is 10.1 Å². The van der Waals surface area contributed by atoms with Gasteiger partial charge in [-0.2, -0.15) is 0 Å². The molecule has 4 rings (SSSR count). The first kappa shape index (κ1) is 20.4. The quantitative estimate of drug-likeness (QED) is 0.469. The smallest absolute Gasteiger partial charge is 0.255 e. The molecule has 1 N–H and O–H groups in total. The van der Waals surface area contributed by atoms with Gasteiger partial charge in [-0.25, -0.2) is 4.98 Å². The summed E-state index contributed by atoms with van der Waals surface area (Å²) in [5.41, 5.74) is 4.34. The Balaban J connectivity index is 1.40. The van der Waals surface area contributed by atoms with Crippen LogP contribution in [0.4, 0.5) is 0 Å². The normalized spacial score (nSPS) is 10.8. The first-order valence-corrected chi connectivity index (χ1v) is 10.1. The monoisotopic (exact) mass is 416 g/mol. The Kier molecular flexibility index (Phi) is 6.12. The average molecular weight is 416 g/mol. The van der Waals surface area contributed by atoms with Crippen LogP contribution in [0.1, 0.15) is 38.5 Å². The van der Waals surface area contributed by atoms with Crippen molar-refractivity contribution in [2.24, 2.45) is 0 Å². The van der Waals surface area contributed by atoms with Crippen molar-refractivity contribution in [2.75, 3.05) is 0 Å². The van der Waals surface area contributed by atoms with E-state index in [1.807, 2.05) is 48.9 Å². The number of nitrogens with zero attached hydrogens (tertiary/aromatic N) is 3. The number of nitrogens with one attached hydrogen (secondary N) is 1. The predicted octanol–water partition coefficient (Wildman–Crippen LogP) is 4.05. The maximum Gasteiger partial charge on any atom is 0.255 e. The van der Waals surface area contributed by atoms with Crippen LogP contribution in [0.15, 0.2) is 71.8 Å². The summed E-state index contributed by atoms with van der Waals surface area (Å²) in [7, 11) is 0. The van der Waals surface area contributed by atoms with Gasteiger partial charge in [-0.05, 0) is 37.1 Å². The van der Waals surface area contributed by atoms with Crippen LogP contribution in [0, 0.1) is 13.8 Å². The number of carbonyl (C=O) groups is 1. The van der Waals surface area contributed by atoms with Gasteiger partial charge in [0.05, 0.1) is 23.1 Å². The number of para-hydroxylation sites is 1. The van der Waals surface area contributed by atoms with Gasteiger partial charge in [0.2, 0.25) is 0 Å². The number of rotatable bonds is 8. The van der Waals surface area contributed by atoms with E-state index in [2.05, 4.69) is 27.6 Å². The summed E-state index contributed by atoms with van der Waals surface area (Å²) in [5.74, 6) is 1.05. The van der Waals surface area contributed by atoms with Crippen LogP contribution in [0.3, 0.4) is 0 Å². The minimum atomic E-state index is -0.186. The van der Waals surface area contributed by atoms with Crippen LogP contribution >= 0.6 is 0 Å². The largest absolute Gasteiger partial charge is 0.488 e. The van der Waals surface area contributed by atoms with E-state index in [1.54, 1.807) is 24.7 Å². The molecule has 0 aliphatic heterocycles. The average Bonchev–Trinajstić information content (AvgIpc) is 3.40. The topological polar surface area (TPSA) is 82.2 Å². The first-order valence-electron chi connectivity index (χ1n) is 10.1. The molecular weight excluding hydrogens is 392 g/mol. The zero-order valence-electron chi connectivity index (χ0n) is 17.5. The molecule has 158 valence electrons. The summed E-state index contributed by atoms with van der Waals surface area (Å²) in [6.07, 6.45) is 5.47. The SMILES string of the molecule is Cc1noc(C)c1COc1ccccc1C(=O)NCc1cccc(Cn2ccnc2)c1. The van der Waals surface area contributed by atoms with Crippen molar-refractivity contribution in [3.8, 4) is 5.75 Å². The van der Waals surface area contributed by atoms with Gasteiger partial charge in [0.1, 0.15) is 18.1 Å². The molecule has 0 saturated heterocycles. The third-order valence-corrected chi connectivity index (χ3v) is 5.05. The Labute approximate surface area is 180 Å². The second-order valence-electron chi connectivity index (χ2n) is 7.33. The summed E-state index contributed by atoms with van der Waals surface area (Å²) in [4.78, 5) is 16.9. The molecule has 0 atom stereocenters. The highest BCUT2D eigenvalue weighted by Gasteiger charge is 2.15. The number of hydrogen-bond acceptors (Lipinski definition) is 5. The highest BCUT2D eigenvalue weighted by Crippen LogP contribution is 2.21. The van der Waals surface area contributed by atoms with Crippen molar-refractivity contribution in [3.05, 3.63) is 101 Å². The van der Waals surface area contributed by atoms with Gasteiger partial charge >= 0.3 is 0 Å². The molecule has 0 aliphatic carbocycles.